The highest BCUT2D eigenvalue weighted by atomic mass is 16.2. The summed E-state index contributed by atoms with van der Waals surface area (Å²) in [5.74, 6) is 0.308. The van der Waals surface area contributed by atoms with E-state index in [-0.39, 0.29) is 5.41 Å². The Kier molecular flexibility index (Phi) is 4.99. The van der Waals surface area contributed by atoms with Gasteiger partial charge in [-0.15, -0.1) is 0 Å². The SMILES string of the molecule is CCN(C(=O)C(C)(C)CC)C1CCC(N)CC1. The van der Waals surface area contributed by atoms with Crippen molar-refractivity contribution in [1.29, 1.82) is 0 Å². The lowest BCUT2D eigenvalue weighted by Crippen LogP contribution is -2.48. The molecule has 1 aliphatic rings. The summed E-state index contributed by atoms with van der Waals surface area (Å²) in [6.07, 6.45) is 5.15. The van der Waals surface area contributed by atoms with Crippen molar-refractivity contribution in [3.8, 4) is 0 Å². The Labute approximate surface area is 106 Å². The summed E-state index contributed by atoms with van der Waals surface area (Å²) < 4.78 is 0. The van der Waals surface area contributed by atoms with E-state index in [1.54, 1.807) is 0 Å². The van der Waals surface area contributed by atoms with Crippen molar-refractivity contribution in [3.63, 3.8) is 0 Å². The van der Waals surface area contributed by atoms with Crippen LogP contribution in [0.25, 0.3) is 0 Å². The van der Waals surface area contributed by atoms with Gasteiger partial charge >= 0.3 is 0 Å². The largest absolute Gasteiger partial charge is 0.340 e. The molecule has 1 rings (SSSR count). The molecule has 1 aliphatic carbocycles. The third-order valence-electron chi connectivity index (χ3n) is 4.25. The molecule has 1 saturated carbocycles. The van der Waals surface area contributed by atoms with Crippen LogP contribution in [0.2, 0.25) is 0 Å². The molecule has 0 heterocycles. The van der Waals surface area contributed by atoms with E-state index in [1.165, 1.54) is 0 Å². The van der Waals surface area contributed by atoms with Gasteiger partial charge in [0.15, 0.2) is 0 Å². The zero-order valence-corrected chi connectivity index (χ0v) is 11.8. The maximum absolute atomic E-state index is 12.5. The molecule has 0 aromatic carbocycles. The van der Waals surface area contributed by atoms with Crippen LogP contribution in [0.5, 0.6) is 0 Å². The Balaban J connectivity index is 2.68. The smallest absolute Gasteiger partial charge is 0.228 e. The van der Waals surface area contributed by atoms with Gasteiger partial charge in [-0.25, -0.2) is 0 Å². The van der Waals surface area contributed by atoms with E-state index >= 15 is 0 Å². The molecule has 0 aromatic heterocycles. The molecule has 3 heteroatoms. The molecule has 0 aliphatic heterocycles. The van der Waals surface area contributed by atoms with Crippen molar-refractivity contribution in [2.75, 3.05) is 6.54 Å². The average molecular weight is 240 g/mol. The first-order chi connectivity index (χ1) is 7.92. The molecule has 1 amide bonds. The van der Waals surface area contributed by atoms with Crippen LogP contribution in [0, 0.1) is 5.41 Å². The van der Waals surface area contributed by atoms with Gasteiger partial charge in [-0.05, 0) is 39.0 Å². The molecular weight excluding hydrogens is 212 g/mol. The van der Waals surface area contributed by atoms with Crippen LogP contribution in [0.4, 0.5) is 0 Å². The van der Waals surface area contributed by atoms with Crippen LogP contribution in [0.3, 0.4) is 0 Å². The van der Waals surface area contributed by atoms with Crippen molar-refractivity contribution in [2.45, 2.75) is 71.9 Å². The van der Waals surface area contributed by atoms with E-state index in [2.05, 4.69) is 18.7 Å². The number of carbonyl (C=O) groups is 1. The summed E-state index contributed by atoms with van der Waals surface area (Å²) in [6.45, 7) is 9.09. The minimum Gasteiger partial charge on any atom is -0.340 e. The summed E-state index contributed by atoms with van der Waals surface area (Å²) in [5.41, 5.74) is 5.70. The minimum absolute atomic E-state index is 0.227. The number of hydrogen-bond acceptors (Lipinski definition) is 2. The van der Waals surface area contributed by atoms with Gasteiger partial charge in [0.1, 0.15) is 0 Å². The first-order valence-electron chi connectivity index (χ1n) is 6.99. The second kappa shape index (κ2) is 5.85. The van der Waals surface area contributed by atoms with E-state index in [9.17, 15) is 4.79 Å². The van der Waals surface area contributed by atoms with Gasteiger partial charge in [0, 0.05) is 24.0 Å². The third-order valence-corrected chi connectivity index (χ3v) is 4.25. The second-order valence-electron chi connectivity index (χ2n) is 5.90. The Bertz CT molecular complexity index is 255. The van der Waals surface area contributed by atoms with Crippen LogP contribution < -0.4 is 5.73 Å². The standard InChI is InChI=1S/C14H28N2O/c1-5-14(3,4)13(17)16(6-2)12-9-7-11(15)8-10-12/h11-12H,5-10,15H2,1-4H3. The molecule has 0 unspecified atom stereocenters. The number of amides is 1. The lowest BCUT2D eigenvalue weighted by Gasteiger charge is -2.39. The van der Waals surface area contributed by atoms with Crippen molar-refractivity contribution in [1.82, 2.24) is 4.90 Å². The number of nitrogens with zero attached hydrogens (tertiary/aromatic N) is 1. The zero-order chi connectivity index (χ0) is 13.1. The van der Waals surface area contributed by atoms with E-state index in [0.717, 1.165) is 38.6 Å². The zero-order valence-electron chi connectivity index (χ0n) is 11.8. The van der Waals surface area contributed by atoms with E-state index in [1.807, 2.05) is 13.8 Å². The molecule has 0 radical (unpaired) electrons. The Morgan fingerprint density at radius 2 is 1.76 bits per heavy atom. The fraction of sp³-hybridized carbons (Fsp3) is 0.929. The number of nitrogens with two attached hydrogens (primary N) is 1. The fourth-order valence-electron chi connectivity index (χ4n) is 2.52. The van der Waals surface area contributed by atoms with E-state index in [4.69, 9.17) is 5.73 Å². The highest BCUT2D eigenvalue weighted by Crippen LogP contribution is 2.28. The predicted molar refractivity (Wildman–Crippen MR) is 71.7 cm³/mol. The van der Waals surface area contributed by atoms with Crippen molar-refractivity contribution >= 4 is 5.91 Å². The van der Waals surface area contributed by atoms with Crippen LogP contribution in [-0.4, -0.2) is 29.4 Å². The summed E-state index contributed by atoms with van der Waals surface area (Å²) >= 11 is 0. The molecule has 0 saturated heterocycles. The normalized spacial score (nSPS) is 25.7. The summed E-state index contributed by atoms with van der Waals surface area (Å²) in [4.78, 5) is 14.6. The molecular formula is C14H28N2O. The number of rotatable bonds is 4. The quantitative estimate of drug-likeness (QED) is 0.821. The van der Waals surface area contributed by atoms with Gasteiger partial charge in [0.2, 0.25) is 5.91 Å². The van der Waals surface area contributed by atoms with Gasteiger partial charge in [-0.1, -0.05) is 20.8 Å². The van der Waals surface area contributed by atoms with Crippen molar-refractivity contribution < 1.29 is 4.79 Å². The molecule has 1 fully saturated rings. The monoisotopic (exact) mass is 240 g/mol. The van der Waals surface area contributed by atoms with Crippen LogP contribution >= 0.6 is 0 Å². The molecule has 17 heavy (non-hydrogen) atoms. The first kappa shape index (κ1) is 14.5. The van der Waals surface area contributed by atoms with Gasteiger partial charge < -0.3 is 10.6 Å². The van der Waals surface area contributed by atoms with Crippen LogP contribution in [-0.2, 0) is 4.79 Å². The van der Waals surface area contributed by atoms with Gasteiger partial charge in [-0.3, -0.25) is 4.79 Å². The summed E-state index contributed by atoms with van der Waals surface area (Å²) in [7, 11) is 0. The Morgan fingerprint density at radius 1 is 1.24 bits per heavy atom. The molecule has 0 bridgehead atoms. The maximum Gasteiger partial charge on any atom is 0.228 e. The average Bonchev–Trinajstić information content (AvgIpc) is 2.32. The lowest BCUT2D eigenvalue weighted by molar-refractivity contribution is -0.143. The third kappa shape index (κ3) is 3.44. The summed E-state index contributed by atoms with van der Waals surface area (Å²) in [6, 6.07) is 0.761. The van der Waals surface area contributed by atoms with Crippen LogP contribution in [0.1, 0.15) is 59.8 Å². The molecule has 0 aromatic rings. The van der Waals surface area contributed by atoms with E-state index < -0.39 is 0 Å². The molecule has 0 atom stereocenters. The first-order valence-corrected chi connectivity index (χ1v) is 6.99. The van der Waals surface area contributed by atoms with Crippen molar-refractivity contribution in [2.24, 2.45) is 11.1 Å². The topological polar surface area (TPSA) is 46.3 Å². The number of carbonyl (C=O) groups excluding carboxylic acids is 1. The molecule has 100 valence electrons. The van der Waals surface area contributed by atoms with Gasteiger partial charge in [0.05, 0.1) is 0 Å². The highest BCUT2D eigenvalue weighted by molar-refractivity contribution is 5.82. The Hall–Kier alpha value is -0.570. The highest BCUT2D eigenvalue weighted by Gasteiger charge is 2.34. The second-order valence-corrected chi connectivity index (χ2v) is 5.90. The molecule has 3 nitrogen and oxygen atoms in total. The van der Waals surface area contributed by atoms with Crippen molar-refractivity contribution in [3.05, 3.63) is 0 Å². The fourth-order valence-corrected chi connectivity index (χ4v) is 2.52. The van der Waals surface area contributed by atoms with Crippen LogP contribution in [0.15, 0.2) is 0 Å². The Morgan fingerprint density at radius 3 is 2.18 bits per heavy atom. The predicted octanol–water partition coefficient (Wildman–Crippen LogP) is 2.54. The van der Waals surface area contributed by atoms with Gasteiger partial charge in [0.25, 0.3) is 0 Å². The summed E-state index contributed by atoms with van der Waals surface area (Å²) in [5, 5.41) is 0. The van der Waals surface area contributed by atoms with E-state index in [0.29, 0.717) is 18.0 Å². The lowest BCUT2D eigenvalue weighted by atomic mass is 9.85. The van der Waals surface area contributed by atoms with Gasteiger partial charge in [-0.2, -0.15) is 0 Å². The minimum atomic E-state index is -0.227. The maximum atomic E-state index is 12.5. The molecule has 2 N–H and O–H groups in total. The molecule has 0 spiro atoms. The number of hydrogen-bond donors (Lipinski definition) is 1.